The largest absolute Gasteiger partial charge is 0.534 e. The molecule has 0 aromatic carbocycles. The van der Waals surface area contributed by atoms with Crippen LogP contribution in [0.2, 0.25) is 0 Å². The minimum atomic E-state index is -5.70. The Balaban J connectivity index is 1.57. The number of hydrogen-bond acceptors (Lipinski definition) is 5. The van der Waals surface area contributed by atoms with Gasteiger partial charge in [0, 0.05) is 24.4 Å². The van der Waals surface area contributed by atoms with E-state index in [-0.39, 0.29) is 64.8 Å². The molecule has 3 amide bonds. The summed E-state index contributed by atoms with van der Waals surface area (Å²) in [6.07, 6.45) is 8.15. The highest BCUT2D eigenvalue weighted by molar-refractivity contribution is 7.87. The molecule has 4 aliphatic rings. The molecule has 2 saturated carbocycles. The smallest absolute Gasteiger partial charge is 0.381 e. The molecule has 0 aromatic heterocycles. The fourth-order valence-electron chi connectivity index (χ4n) is 8.03. The molecule has 1 N–H and O–H groups in total. The Hall–Kier alpha value is -2.04. The second-order valence-electron chi connectivity index (χ2n) is 12.9. The van der Waals surface area contributed by atoms with Gasteiger partial charge in [0.1, 0.15) is 5.76 Å². The van der Waals surface area contributed by atoms with E-state index >= 15 is 0 Å². The van der Waals surface area contributed by atoms with Crippen molar-refractivity contribution < 1.29 is 35.4 Å². The number of halogens is 3. The van der Waals surface area contributed by atoms with Crippen LogP contribution in [0.5, 0.6) is 0 Å². The van der Waals surface area contributed by atoms with E-state index < -0.39 is 15.6 Å². The Labute approximate surface area is 229 Å². The Kier molecular flexibility index (Phi) is 7.75. The SMILES string of the molecule is CC(C)NC(=O)N(C(=O)[C@H]1CC[C@H]2[C@@H]3CC=C4C=C(OS(=O)(=O)C(F)(F)F)CC[C@]4(C)[C@H]3CC[C@]12C)C(C)C. The van der Waals surface area contributed by atoms with Gasteiger partial charge in [0.2, 0.25) is 5.91 Å². The lowest BCUT2D eigenvalue weighted by Crippen LogP contribution is -2.55. The van der Waals surface area contributed by atoms with Crippen LogP contribution < -0.4 is 5.32 Å². The highest BCUT2D eigenvalue weighted by Gasteiger charge is 2.60. The molecule has 4 aliphatic carbocycles. The highest BCUT2D eigenvalue weighted by Crippen LogP contribution is 2.66. The predicted molar refractivity (Wildman–Crippen MR) is 140 cm³/mol. The van der Waals surface area contributed by atoms with Crippen LogP contribution in [0.3, 0.4) is 0 Å². The number of fused-ring (bicyclic) bond motifs is 5. The molecule has 0 aliphatic heterocycles. The predicted octanol–water partition coefficient (Wildman–Crippen LogP) is 6.28. The molecule has 0 bridgehead atoms. The second-order valence-corrected chi connectivity index (χ2v) is 14.4. The van der Waals surface area contributed by atoms with Gasteiger partial charge in [-0.3, -0.25) is 9.69 Å². The minimum Gasteiger partial charge on any atom is -0.381 e. The number of carbonyl (C=O) groups is 2. The summed E-state index contributed by atoms with van der Waals surface area (Å²) in [4.78, 5) is 28.2. The van der Waals surface area contributed by atoms with E-state index in [9.17, 15) is 31.2 Å². The molecule has 220 valence electrons. The van der Waals surface area contributed by atoms with Crippen molar-refractivity contribution in [3.8, 4) is 0 Å². The lowest BCUT2D eigenvalue weighted by atomic mass is 9.48. The van der Waals surface area contributed by atoms with Gasteiger partial charge in [0.15, 0.2) is 0 Å². The van der Waals surface area contributed by atoms with Crippen LogP contribution in [0.4, 0.5) is 18.0 Å². The first-order valence-electron chi connectivity index (χ1n) is 14.0. The maximum atomic E-state index is 13.8. The molecule has 0 spiro atoms. The molecule has 0 saturated heterocycles. The van der Waals surface area contributed by atoms with Gasteiger partial charge in [-0.25, -0.2) is 4.79 Å². The number of allylic oxidation sites excluding steroid dienone is 4. The van der Waals surface area contributed by atoms with Crippen LogP contribution in [0, 0.1) is 34.5 Å². The second kappa shape index (κ2) is 10.1. The van der Waals surface area contributed by atoms with Gasteiger partial charge < -0.3 is 9.50 Å². The molecule has 0 heterocycles. The van der Waals surface area contributed by atoms with Gasteiger partial charge in [0.05, 0.1) is 0 Å². The maximum Gasteiger partial charge on any atom is 0.534 e. The summed E-state index contributed by atoms with van der Waals surface area (Å²) in [6, 6.07) is -0.703. The molecule has 0 radical (unpaired) electrons. The number of amides is 3. The van der Waals surface area contributed by atoms with E-state index in [1.165, 1.54) is 11.0 Å². The first kappa shape index (κ1) is 29.9. The summed E-state index contributed by atoms with van der Waals surface area (Å²) >= 11 is 0. The van der Waals surface area contributed by atoms with E-state index in [1.54, 1.807) is 0 Å². The lowest BCUT2D eigenvalue weighted by molar-refractivity contribution is -0.140. The summed E-state index contributed by atoms with van der Waals surface area (Å²) in [5.74, 6) is 0.331. The van der Waals surface area contributed by atoms with E-state index in [4.69, 9.17) is 0 Å². The Bertz CT molecular complexity index is 1180. The zero-order chi connectivity index (χ0) is 29.1. The topological polar surface area (TPSA) is 92.8 Å². The first-order valence-corrected chi connectivity index (χ1v) is 15.4. The number of urea groups is 1. The molecule has 4 rings (SSSR count). The standard InChI is InChI=1S/C28H41F3N2O5S/c1-16(2)32-25(35)33(17(3)4)24(34)23-10-9-21-20-8-7-18-15-19(38-39(36,37)28(29,30)31)11-13-26(18,5)22(20)12-14-27(21,23)6/h7,15-17,20-23H,8-14H2,1-6H3,(H,32,35)/t20-,21-,22-,23+,26-,27-/m0/s1. The van der Waals surface area contributed by atoms with Crippen LogP contribution in [0.15, 0.2) is 23.5 Å². The van der Waals surface area contributed by atoms with Crippen LogP contribution in [0.1, 0.15) is 86.5 Å². The van der Waals surface area contributed by atoms with Crippen LogP contribution >= 0.6 is 0 Å². The van der Waals surface area contributed by atoms with Crippen molar-refractivity contribution >= 4 is 22.1 Å². The van der Waals surface area contributed by atoms with Crippen LogP contribution in [-0.4, -0.2) is 42.8 Å². The fraction of sp³-hybridized carbons (Fsp3) is 0.786. The van der Waals surface area contributed by atoms with Crippen LogP contribution in [-0.2, 0) is 19.1 Å². The molecule has 0 unspecified atom stereocenters. The van der Waals surface area contributed by atoms with Gasteiger partial charge in [-0.1, -0.05) is 19.9 Å². The average Bonchev–Trinajstić information content (AvgIpc) is 3.15. The number of nitrogens with one attached hydrogen (secondary N) is 1. The summed E-state index contributed by atoms with van der Waals surface area (Å²) < 4.78 is 66.2. The summed E-state index contributed by atoms with van der Waals surface area (Å²) in [5, 5.41) is 2.86. The average molecular weight is 575 g/mol. The molecule has 2 fully saturated rings. The molecular formula is C28H41F3N2O5S. The summed E-state index contributed by atoms with van der Waals surface area (Å²) in [7, 11) is -5.70. The molecule has 7 nitrogen and oxygen atoms in total. The number of carbonyl (C=O) groups excluding carboxylic acids is 2. The maximum absolute atomic E-state index is 13.8. The van der Waals surface area contributed by atoms with Crippen molar-refractivity contribution in [1.82, 2.24) is 10.2 Å². The third-order valence-electron chi connectivity index (χ3n) is 9.92. The third kappa shape index (κ3) is 5.12. The van der Waals surface area contributed by atoms with Crippen LogP contribution in [0.25, 0.3) is 0 Å². The van der Waals surface area contributed by atoms with Crippen molar-refractivity contribution in [3.05, 3.63) is 23.5 Å². The number of hydrogen-bond donors (Lipinski definition) is 1. The van der Waals surface area contributed by atoms with Gasteiger partial charge >= 0.3 is 21.7 Å². The normalized spacial score (nSPS) is 34.4. The van der Waals surface area contributed by atoms with E-state index in [0.29, 0.717) is 18.8 Å². The Morgan fingerprint density at radius 3 is 2.33 bits per heavy atom. The number of alkyl halides is 3. The molecule has 11 heteroatoms. The highest BCUT2D eigenvalue weighted by atomic mass is 32.2. The number of imide groups is 1. The Morgan fingerprint density at radius 1 is 1.08 bits per heavy atom. The van der Waals surface area contributed by atoms with E-state index in [1.807, 2.05) is 33.8 Å². The number of nitrogens with zero attached hydrogens (tertiary/aromatic N) is 1. The lowest BCUT2D eigenvalue weighted by Gasteiger charge is -2.57. The zero-order valence-electron chi connectivity index (χ0n) is 23.6. The van der Waals surface area contributed by atoms with Crippen molar-refractivity contribution in [2.45, 2.75) is 104 Å². The van der Waals surface area contributed by atoms with Crippen molar-refractivity contribution in [3.63, 3.8) is 0 Å². The van der Waals surface area contributed by atoms with Gasteiger partial charge in [-0.15, -0.1) is 0 Å². The van der Waals surface area contributed by atoms with Gasteiger partial charge in [0.25, 0.3) is 0 Å². The molecule has 39 heavy (non-hydrogen) atoms. The van der Waals surface area contributed by atoms with Crippen molar-refractivity contribution in [2.24, 2.45) is 34.5 Å². The fourth-order valence-corrected chi connectivity index (χ4v) is 8.54. The Morgan fingerprint density at radius 2 is 1.74 bits per heavy atom. The van der Waals surface area contributed by atoms with Crippen molar-refractivity contribution in [1.29, 1.82) is 0 Å². The summed E-state index contributed by atoms with van der Waals surface area (Å²) in [5.41, 5.74) is -5.17. The van der Waals surface area contributed by atoms with E-state index in [0.717, 1.165) is 31.3 Å². The third-order valence-corrected chi connectivity index (χ3v) is 10.9. The molecule has 6 atom stereocenters. The molecular weight excluding hydrogens is 533 g/mol. The monoisotopic (exact) mass is 574 g/mol. The molecule has 0 aromatic rings. The van der Waals surface area contributed by atoms with Gasteiger partial charge in [-0.2, -0.15) is 21.6 Å². The summed E-state index contributed by atoms with van der Waals surface area (Å²) in [6.45, 7) is 11.8. The zero-order valence-corrected chi connectivity index (χ0v) is 24.4. The van der Waals surface area contributed by atoms with Gasteiger partial charge in [-0.05, 0) is 106 Å². The number of rotatable bonds is 5. The minimum absolute atomic E-state index is 0.0816. The van der Waals surface area contributed by atoms with E-state index in [2.05, 4.69) is 23.3 Å². The van der Waals surface area contributed by atoms with Crippen molar-refractivity contribution in [2.75, 3.05) is 0 Å². The quantitative estimate of drug-likeness (QED) is 0.308. The first-order chi connectivity index (χ1) is 17.9.